The van der Waals surface area contributed by atoms with Gasteiger partial charge in [-0.1, -0.05) is 32.9 Å². The van der Waals surface area contributed by atoms with E-state index in [-0.39, 0.29) is 29.7 Å². The third-order valence-electron chi connectivity index (χ3n) is 4.62. The Balaban J connectivity index is 2.10. The standard InChI is InChI=1S/C15H23NO3/c1-4-11(8(2)3)16-14(17)12-9-5-6-10(7-9)13(12)15(18)19/h5-6,8-13H,4,7H2,1-3H3,(H,16,17)(H,18,19). The van der Waals surface area contributed by atoms with Crippen LogP contribution in [0.3, 0.4) is 0 Å². The fourth-order valence-electron chi connectivity index (χ4n) is 3.54. The van der Waals surface area contributed by atoms with E-state index < -0.39 is 11.9 Å². The van der Waals surface area contributed by atoms with Crippen molar-refractivity contribution in [2.24, 2.45) is 29.6 Å². The number of aliphatic carboxylic acids is 1. The molecule has 1 amide bonds. The van der Waals surface area contributed by atoms with Crippen LogP contribution in [0.5, 0.6) is 0 Å². The minimum absolute atomic E-state index is 0.0392. The van der Waals surface area contributed by atoms with Crippen LogP contribution in [0.2, 0.25) is 0 Å². The van der Waals surface area contributed by atoms with Crippen molar-refractivity contribution < 1.29 is 14.7 Å². The van der Waals surface area contributed by atoms with Gasteiger partial charge in [0.1, 0.15) is 0 Å². The molecule has 2 aliphatic carbocycles. The normalized spacial score (nSPS) is 33.7. The number of carbonyl (C=O) groups excluding carboxylic acids is 1. The van der Waals surface area contributed by atoms with Gasteiger partial charge in [0.25, 0.3) is 0 Å². The van der Waals surface area contributed by atoms with Gasteiger partial charge >= 0.3 is 5.97 Å². The van der Waals surface area contributed by atoms with E-state index in [1.807, 2.05) is 19.1 Å². The summed E-state index contributed by atoms with van der Waals surface area (Å²) in [5, 5.41) is 12.4. The van der Waals surface area contributed by atoms with Crippen molar-refractivity contribution >= 4 is 11.9 Å². The van der Waals surface area contributed by atoms with Crippen LogP contribution in [0, 0.1) is 29.6 Å². The summed E-state index contributed by atoms with van der Waals surface area (Å²) in [5.74, 6) is -1.33. The van der Waals surface area contributed by atoms with Gasteiger partial charge in [0.15, 0.2) is 0 Å². The maximum Gasteiger partial charge on any atom is 0.307 e. The molecule has 0 aliphatic heterocycles. The van der Waals surface area contributed by atoms with E-state index in [0.717, 1.165) is 12.8 Å². The van der Waals surface area contributed by atoms with Crippen LogP contribution in [0.15, 0.2) is 12.2 Å². The molecule has 2 bridgehead atoms. The number of carbonyl (C=O) groups is 2. The predicted octanol–water partition coefficient (Wildman–Crippen LogP) is 2.06. The van der Waals surface area contributed by atoms with E-state index in [9.17, 15) is 14.7 Å². The first-order valence-electron chi connectivity index (χ1n) is 7.17. The Labute approximate surface area is 114 Å². The molecule has 0 heterocycles. The molecule has 0 aromatic rings. The minimum atomic E-state index is -0.838. The summed E-state index contributed by atoms with van der Waals surface area (Å²) < 4.78 is 0. The van der Waals surface area contributed by atoms with Crippen LogP contribution < -0.4 is 5.32 Å². The van der Waals surface area contributed by atoms with E-state index in [2.05, 4.69) is 19.2 Å². The average molecular weight is 265 g/mol. The average Bonchev–Trinajstić information content (AvgIpc) is 2.94. The molecule has 19 heavy (non-hydrogen) atoms. The molecule has 106 valence electrons. The zero-order valence-electron chi connectivity index (χ0n) is 11.8. The van der Waals surface area contributed by atoms with Crippen LogP contribution in [-0.2, 0) is 9.59 Å². The first kappa shape index (κ1) is 14.1. The first-order valence-corrected chi connectivity index (χ1v) is 7.17. The van der Waals surface area contributed by atoms with Gasteiger partial charge in [-0.25, -0.2) is 0 Å². The predicted molar refractivity (Wildman–Crippen MR) is 72.4 cm³/mol. The summed E-state index contributed by atoms with van der Waals surface area (Å²) >= 11 is 0. The molecule has 1 fully saturated rings. The van der Waals surface area contributed by atoms with E-state index >= 15 is 0 Å². The van der Waals surface area contributed by atoms with E-state index in [4.69, 9.17) is 0 Å². The van der Waals surface area contributed by atoms with E-state index in [0.29, 0.717) is 5.92 Å². The lowest BCUT2D eigenvalue weighted by Gasteiger charge is -2.28. The molecule has 5 atom stereocenters. The Morgan fingerprint density at radius 3 is 2.32 bits per heavy atom. The summed E-state index contributed by atoms with van der Waals surface area (Å²) in [7, 11) is 0. The summed E-state index contributed by atoms with van der Waals surface area (Å²) in [4.78, 5) is 23.8. The van der Waals surface area contributed by atoms with Crippen LogP contribution in [0.1, 0.15) is 33.6 Å². The number of carboxylic acid groups (broad SMARTS) is 1. The van der Waals surface area contributed by atoms with Crippen molar-refractivity contribution in [3.63, 3.8) is 0 Å². The maximum atomic E-state index is 12.4. The quantitative estimate of drug-likeness (QED) is 0.748. The lowest BCUT2D eigenvalue weighted by atomic mass is 9.82. The molecule has 4 heteroatoms. The Morgan fingerprint density at radius 2 is 1.84 bits per heavy atom. The van der Waals surface area contributed by atoms with Crippen molar-refractivity contribution in [2.75, 3.05) is 0 Å². The van der Waals surface area contributed by atoms with Gasteiger partial charge in [-0.2, -0.15) is 0 Å². The smallest absolute Gasteiger partial charge is 0.307 e. The molecule has 2 aliphatic rings. The number of amides is 1. The monoisotopic (exact) mass is 265 g/mol. The molecular weight excluding hydrogens is 242 g/mol. The molecule has 1 saturated carbocycles. The second-order valence-electron chi connectivity index (χ2n) is 6.11. The van der Waals surface area contributed by atoms with Gasteiger partial charge in [0.05, 0.1) is 11.8 Å². The highest BCUT2D eigenvalue weighted by Gasteiger charge is 2.51. The van der Waals surface area contributed by atoms with Crippen molar-refractivity contribution in [3.8, 4) is 0 Å². The molecule has 5 unspecified atom stereocenters. The van der Waals surface area contributed by atoms with E-state index in [1.54, 1.807) is 0 Å². The van der Waals surface area contributed by atoms with E-state index in [1.165, 1.54) is 0 Å². The molecule has 0 spiro atoms. The third-order valence-corrected chi connectivity index (χ3v) is 4.62. The Bertz CT molecular complexity index is 402. The fraction of sp³-hybridized carbons (Fsp3) is 0.733. The van der Waals surface area contributed by atoms with Crippen LogP contribution in [-0.4, -0.2) is 23.0 Å². The zero-order chi connectivity index (χ0) is 14.2. The summed E-state index contributed by atoms with van der Waals surface area (Å²) in [6.07, 6.45) is 5.67. The third kappa shape index (κ3) is 2.53. The minimum Gasteiger partial charge on any atom is -0.481 e. The summed E-state index contributed by atoms with van der Waals surface area (Å²) in [6, 6.07) is 0.130. The molecule has 2 rings (SSSR count). The Hall–Kier alpha value is -1.32. The number of allylic oxidation sites excluding steroid dienone is 2. The largest absolute Gasteiger partial charge is 0.481 e. The molecule has 0 aromatic heterocycles. The molecule has 0 aromatic carbocycles. The number of rotatable bonds is 5. The van der Waals surface area contributed by atoms with Gasteiger partial charge in [-0.3, -0.25) is 9.59 Å². The van der Waals surface area contributed by atoms with Gasteiger partial charge in [-0.15, -0.1) is 0 Å². The van der Waals surface area contributed by atoms with Crippen LogP contribution >= 0.6 is 0 Å². The highest BCUT2D eigenvalue weighted by Crippen LogP contribution is 2.48. The SMILES string of the molecule is CCC(NC(=O)C1C2C=CC(C2)C1C(=O)O)C(C)C. The highest BCUT2D eigenvalue weighted by molar-refractivity contribution is 5.87. The number of hydrogen-bond acceptors (Lipinski definition) is 2. The first-order chi connectivity index (χ1) is 8.95. The molecular formula is C15H23NO3. The molecule has 4 nitrogen and oxygen atoms in total. The van der Waals surface area contributed by atoms with Gasteiger partial charge in [-0.05, 0) is 30.6 Å². The fourth-order valence-corrected chi connectivity index (χ4v) is 3.54. The lowest BCUT2D eigenvalue weighted by Crippen LogP contribution is -2.45. The second-order valence-corrected chi connectivity index (χ2v) is 6.11. The van der Waals surface area contributed by atoms with Gasteiger partial charge in [0, 0.05) is 6.04 Å². The van der Waals surface area contributed by atoms with Crippen molar-refractivity contribution in [1.82, 2.24) is 5.32 Å². The summed E-state index contributed by atoms with van der Waals surface area (Å²) in [6.45, 7) is 6.19. The summed E-state index contributed by atoms with van der Waals surface area (Å²) in [5.41, 5.74) is 0. The number of carboxylic acids is 1. The number of hydrogen-bond donors (Lipinski definition) is 2. The number of nitrogens with one attached hydrogen (secondary N) is 1. The maximum absolute atomic E-state index is 12.4. The Morgan fingerprint density at radius 1 is 1.26 bits per heavy atom. The van der Waals surface area contributed by atoms with Crippen molar-refractivity contribution in [2.45, 2.75) is 39.7 Å². The zero-order valence-corrected chi connectivity index (χ0v) is 11.8. The Kier molecular flexibility index (Phi) is 3.97. The topological polar surface area (TPSA) is 66.4 Å². The van der Waals surface area contributed by atoms with Crippen LogP contribution in [0.4, 0.5) is 0 Å². The second kappa shape index (κ2) is 5.35. The van der Waals surface area contributed by atoms with Crippen molar-refractivity contribution in [3.05, 3.63) is 12.2 Å². The molecule has 0 saturated heterocycles. The van der Waals surface area contributed by atoms with Crippen LogP contribution in [0.25, 0.3) is 0 Å². The molecule has 0 radical (unpaired) electrons. The lowest BCUT2D eigenvalue weighted by molar-refractivity contribution is -0.148. The molecule has 2 N–H and O–H groups in total. The van der Waals surface area contributed by atoms with Crippen molar-refractivity contribution in [1.29, 1.82) is 0 Å². The highest BCUT2D eigenvalue weighted by atomic mass is 16.4. The van der Waals surface area contributed by atoms with Gasteiger partial charge < -0.3 is 10.4 Å². The van der Waals surface area contributed by atoms with Gasteiger partial charge in [0.2, 0.25) is 5.91 Å². The number of fused-ring (bicyclic) bond motifs is 2.